The van der Waals surface area contributed by atoms with E-state index in [9.17, 15) is 18.3 Å². The average molecular weight is 343 g/mol. The molecule has 0 amide bonds. The summed E-state index contributed by atoms with van der Waals surface area (Å²) < 4.78 is 44.1. The zero-order valence-corrected chi connectivity index (χ0v) is 13.6. The fourth-order valence-corrected chi connectivity index (χ4v) is 3.79. The Kier molecular flexibility index (Phi) is 5.47. The quantitative estimate of drug-likeness (QED) is 0.910. The number of hydrogen-bond donors (Lipinski definition) is 1. The number of alkyl halides is 3. The summed E-state index contributed by atoms with van der Waals surface area (Å²) in [6, 6.07) is 5.34. The number of aliphatic hydroxyl groups excluding tert-OH is 1. The number of aliphatic hydroxyl groups is 1. The smallest absolute Gasteiger partial charge is 0.392 e. The third-order valence-electron chi connectivity index (χ3n) is 4.98. The summed E-state index contributed by atoms with van der Waals surface area (Å²) in [5.74, 6) is 0.251. The molecule has 3 nitrogen and oxygen atoms in total. The van der Waals surface area contributed by atoms with E-state index < -0.39 is 11.7 Å². The highest BCUT2D eigenvalue weighted by Gasteiger charge is 2.33. The minimum atomic E-state index is -4.31. The molecule has 0 saturated carbocycles. The SMILES string of the molecule is O[C@@H]1CCCN(C[C@@H]2CCCO[C@H]2c2ccc(C(F)(F)F)cc2)C1. The van der Waals surface area contributed by atoms with Crippen molar-refractivity contribution in [3.8, 4) is 0 Å². The minimum Gasteiger partial charge on any atom is -0.392 e. The first kappa shape index (κ1) is 17.7. The lowest BCUT2D eigenvalue weighted by molar-refractivity contribution is -0.137. The second-order valence-electron chi connectivity index (χ2n) is 6.87. The molecule has 0 aliphatic carbocycles. The van der Waals surface area contributed by atoms with Crippen molar-refractivity contribution in [2.75, 3.05) is 26.2 Å². The standard InChI is InChI=1S/C18H24F3NO2/c19-18(20,21)15-7-5-13(6-8-15)17-14(3-2-10-24-17)11-22-9-1-4-16(23)12-22/h5-8,14,16-17,23H,1-4,9-12H2/t14-,16+,17-/m0/s1. The van der Waals surface area contributed by atoms with Gasteiger partial charge in [-0.05, 0) is 49.9 Å². The van der Waals surface area contributed by atoms with E-state index in [0.29, 0.717) is 13.2 Å². The molecular formula is C18H24F3NO2. The first-order chi connectivity index (χ1) is 11.4. The normalized spacial score (nSPS) is 29.6. The number of nitrogens with zero attached hydrogens (tertiary/aromatic N) is 1. The summed E-state index contributed by atoms with van der Waals surface area (Å²) in [4.78, 5) is 2.25. The van der Waals surface area contributed by atoms with E-state index in [1.807, 2.05) is 0 Å². The molecule has 1 aromatic carbocycles. The maximum atomic E-state index is 12.7. The summed E-state index contributed by atoms with van der Waals surface area (Å²) in [6.07, 6.45) is -0.946. The van der Waals surface area contributed by atoms with Crippen LogP contribution in [0.2, 0.25) is 0 Å². The molecule has 6 heteroatoms. The highest BCUT2D eigenvalue weighted by molar-refractivity contribution is 5.26. The van der Waals surface area contributed by atoms with Crippen LogP contribution >= 0.6 is 0 Å². The maximum Gasteiger partial charge on any atom is 0.416 e. The van der Waals surface area contributed by atoms with Crippen LogP contribution in [0, 0.1) is 5.92 Å². The molecule has 2 heterocycles. The van der Waals surface area contributed by atoms with Crippen LogP contribution in [0.1, 0.15) is 42.9 Å². The van der Waals surface area contributed by atoms with E-state index in [4.69, 9.17) is 4.74 Å². The second-order valence-corrected chi connectivity index (χ2v) is 6.87. The summed E-state index contributed by atoms with van der Waals surface area (Å²) >= 11 is 0. The first-order valence-corrected chi connectivity index (χ1v) is 8.62. The van der Waals surface area contributed by atoms with Gasteiger partial charge in [0.05, 0.1) is 17.8 Å². The van der Waals surface area contributed by atoms with Gasteiger partial charge in [0.2, 0.25) is 0 Å². The Hall–Kier alpha value is -1.11. The Balaban J connectivity index is 1.69. The number of ether oxygens (including phenoxy) is 1. The molecule has 0 unspecified atom stereocenters. The van der Waals surface area contributed by atoms with Gasteiger partial charge in [-0.25, -0.2) is 0 Å². The molecule has 2 aliphatic heterocycles. The maximum absolute atomic E-state index is 12.7. The number of halogens is 3. The molecular weight excluding hydrogens is 319 g/mol. The van der Waals surface area contributed by atoms with Crippen LogP contribution in [0.25, 0.3) is 0 Å². The predicted octanol–water partition coefficient (Wildman–Crippen LogP) is 3.63. The number of likely N-dealkylation sites (tertiary alicyclic amines) is 1. The van der Waals surface area contributed by atoms with Crippen molar-refractivity contribution in [2.45, 2.75) is 44.1 Å². The van der Waals surface area contributed by atoms with Crippen LogP contribution < -0.4 is 0 Å². The van der Waals surface area contributed by atoms with Crippen molar-refractivity contribution in [3.05, 3.63) is 35.4 Å². The Morgan fingerprint density at radius 1 is 1.12 bits per heavy atom. The van der Waals surface area contributed by atoms with Gasteiger partial charge in [0.25, 0.3) is 0 Å². The fourth-order valence-electron chi connectivity index (χ4n) is 3.79. The highest BCUT2D eigenvalue weighted by Crippen LogP contribution is 2.36. The molecule has 0 spiro atoms. The van der Waals surface area contributed by atoms with Crippen LogP contribution in [-0.4, -0.2) is 42.4 Å². The molecule has 1 N–H and O–H groups in total. The number of benzene rings is 1. The summed E-state index contributed by atoms with van der Waals surface area (Å²) in [6.45, 7) is 3.11. The van der Waals surface area contributed by atoms with Crippen molar-refractivity contribution in [3.63, 3.8) is 0 Å². The number of rotatable bonds is 3. The van der Waals surface area contributed by atoms with Crippen LogP contribution in [0.3, 0.4) is 0 Å². The monoisotopic (exact) mass is 343 g/mol. The predicted molar refractivity (Wildman–Crippen MR) is 84.5 cm³/mol. The van der Waals surface area contributed by atoms with Crippen molar-refractivity contribution >= 4 is 0 Å². The molecule has 0 radical (unpaired) electrons. The summed E-state index contributed by atoms with van der Waals surface area (Å²) in [7, 11) is 0. The van der Waals surface area contributed by atoms with Crippen LogP contribution in [0.5, 0.6) is 0 Å². The zero-order chi connectivity index (χ0) is 17.2. The van der Waals surface area contributed by atoms with E-state index in [2.05, 4.69) is 4.90 Å². The molecule has 2 fully saturated rings. The molecule has 0 bridgehead atoms. The molecule has 24 heavy (non-hydrogen) atoms. The lowest BCUT2D eigenvalue weighted by atomic mass is 9.88. The largest absolute Gasteiger partial charge is 0.416 e. The molecule has 3 atom stereocenters. The molecule has 2 aliphatic rings. The van der Waals surface area contributed by atoms with Gasteiger partial charge >= 0.3 is 6.18 Å². The lowest BCUT2D eigenvalue weighted by Gasteiger charge is -2.38. The molecule has 0 aromatic heterocycles. The van der Waals surface area contributed by atoms with Gasteiger partial charge in [-0.2, -0.15) is 13.2 Å². The van der Waals surface area contributed by atoms with Crippen LogP contribution in [0.4, 0.5) is 13.2 Å². The Morgan fingerprint density at radius 3 is 2.54 bits per heavy atom. The number of hydrogen-bond acceptors (Lipinski definition) is 3. The van der Waals surface area contributed by atoms with Gasteiger partial charge < -0.3 is 14.7 Å². The Morgan fingerprint density at radius 2 is 1.88 bits per heavy atom. The Bertz CT molecular complexity index is 532. The lowest BCUT2D eigenvalue weighted by Crippen LogP contribution is -2.42. The molecule has 3 rings (SSSR count). The van der Waals surface area contributed by atoms with Gasteiger partial charge in [0, 0.05) is 25.6 Å². The highest BCUT2D eigenvalue weighted by atomic mass is 19.4. The third kappa shape index (κ3) is 4.29. The van der Waals surface area contributed by atoms with Gasteiger partial charge in [0.1, 0.15) is 0 Å². The van der Waals surface area contributed by atoms with Gasteiger partial charge in [-0.3, -0.25) is 0 Å². The van der Waals surface area contributed by atoms with E-state index in [0.717, 1.165) is 56.5 Å². The van der Waals surface area contributed by atoms with E-state index in [1.165, 1.54) is 12.1 Å². The van der Waals surface area contributed by atoms with Crippen molar-refractivity contribution in [1.29, 1.82) is 0 Å². The van der Waals surface area contributed by atoms with E-state index in [-0.39, 0.29) is 18.1 Å². The summed E-state index contributed by atoms with van der Waals surface area (Å²) in [5.41, 5.74) is 0.183. The average Bonchev–Trinajstić information content (AvgIpc) is 2.55. The number of piperidine rings is 1. The van der Waals surface area contributed by atoms with E-state index >= 15 is 0 Å². The molecule has 2 saturated heterocycles. The van der Waals surface area contributed by atoms with E-state index in [1.54, 1.807) is 0 Å². The zero-order valence-electron chi connectivity index (χ0n) is 13.6. The third-order valence-corrected chi connectivity index (χ3v) is 4.98. The van der Waals surface area contributed by atoms with Crippen molar-refractivity contribution in [1.82, 2.24) is 4.90 Å². The van der Waals surface area contributed by atoms with Crippen molar-refractivity contribution in [2.24, 2.45) is 5.92 Å². The van der Waals surface area contributed by atoms with Crippen LogP contribution in [0.15, 0.2) is 24.3 Å². The number of β-amino-alcohol motifs (C(OH)–C–C–N with tert-alkyl or cyclic N) is 1. The van der Waals surface area contributed by atoms with Gasteiger partial charge in [-0.15, -0.1) is 0 Å². The van der Waals surface area contributed by atoms with Gasteiger partial charge in [0.15, 0.2) is 0 Å². The van der Waals surface area contributed by atoms with Gasteiger partial charge in [-0.1, -0.05) is 12.1 Å². The minimum absolute atomic E-state index is 0.167. The molecule has 1 aromatic rings. The second kappa shape index (κ2) is 7.42. The summed E-state index contributed by atoms with van der Waals surface area (Å²) in [5, 5.41) is 9.82. The van der Waals surface area contributed by atoms with Crippen LogP contribution in [-0.2, 0) is 10.9 Å². The fraction of sp³-hybridized carbons (Fsp3) is 0.667. The molecule has 134 valence electrons. The Labute approximate surface area is 140 Å². The van der Waals surface area contributed by atoms with Crippen molar-refractivity contribution < 1.29 is 23.0 Å². The first-order valence-electron chi connectivity index (χ1n) is 8.62. The topological polar surface area (TPSA) is 32.7 Å².